The Morgan fingerprint density at radius 2 is 1.25 bits per heavy atom. The van der Waals surface area contributed by atoms with E-state index in [9.17, 15) is 18.6 Å². The molecule has 0 aromatic heterocycles. The third kappa shape index (κ3) is 13.1. The van der Waals surface area contributed by atoms with Crippen LogP contribution < -0.4 is 0 Å². The van der Waals surface area contributed by atoms with Gasteiger partial charge in [-0.15, -0.1) is 9.35 Å². The fourth-order valence-corrected chi connectivity index (χ4v) is 3.14. The molecule has 7 nitrogen and oxygen atoms in total. The molecular weight excluding hydrogens is 334 g/mol. The smallest absolute Gasteiger partial charge is 0.376 e. The van der Waals surface area contributed by atoms with Crippen LogP contribution in [0, 0.1) is 0 Å². The highest BCUT2D eigenvalue weighted by Crippen LogP contribution is 2.12. The fraction of sp³-hybridized carbons (Fsp3) is 1.00. The molecule has 0 saturated heterocycles. The third-order valence-electron chi connectivity index (χ3n) is 3.64. The fourth-order valence-electron chi connectivity index (χ4n) is 2.31. The van der Waals surface area contributed by atoms with Crippen molar-refractivity contribution in [2.75, 3.05) is 6.61 Å². The van der Waals surface area contributed by atoms with Crippen molar-refractivity contribution in [1.29, 1.82) is 0 Å². The van der Waals surface area contributed by atoms with E-state index in [1.165, 1.54) is 52.4 Å². The van der Waals surface area contributed by atoms with Gasteiger partial charge in [0.1, 0.15) is 12.5 Å². The summed E-state index contributed by atoms with van der Waals surface area (Å²) < 4.78 is 32.5. The van der Waals surface area contributed by atoms with Crippen molar-refractivity contribution in [1.82, 2.24) is 5.06 Å². The van der Waals surface area contributed by atoms with E-state index in [0.29, 0.717) is 11.5 Å². The summed E-state index contributed by atoms with van der Waals surface area (Å²) in [6, 6.07) is 0. The molecule has 146 valence electrons. The summed E-state index contributed by atoms with van der Waals surface area (Å²) in [5, 5.41) is 19.2. The lowest BCUT2D eigenvalue weighted by molar-refractivity contribution is -0.237. The van der Waals surface area contributed by atoms with E-state index in [1.54, 1.807) is 0 Å². The average molecular weight is 370 g/mol. The number of hydroxylamine groups is 2. The van der Waals surface area contributed by atoms with Gasteiger partial charge in [0.25, 0.3) is 0 Å². The zero-order valence-electron chi connectivity index (χ0n) is 15.3. The SMILES string of the molecule is CCCCCCCCCCCCOS(=O)(=O)ON(C(C)O)C(C)O. The second kappa shape index (κ2) is 14.0. The van der Waals surface area contributed by atoms with Crippen LogP contribution in [0.2, 0.25) is 0 Å². The average Bonchev–Trinajstić information content (AvgIpc) is 2.50. The number of nitrogens with zero attached hydrogens (tertiary/aromatic N) is 1. The highest BCUT2D eigenvalue weighted by Gasteiger charge is 2.25. The van der Waals surface area contributed by atoms with E-state index in [1.807, 2.05) is 0 Å². The molecule has 0 fully saturated rings. The molecule has 24 heavy (non-hydrogen) atoms. The maximum absolute atomic E-state index is 11.6. The lowest BCUT2D eigenvalue weighted by Crippen LogP contribution is -2.42. The predicted octanol–water partition coefficient (Wildman–Crippen LogP) is 3.08. The largest absolute Gasteiger partial charge is 0.416 e. The highest BCUT2D eigenvalue weighted by molar-refractivity contribution is 7.81. The molecule has 0 radical (unpaired) electrons. The molecular formula is C16H35NO6S. The Kier molecular flexibility index (Phi) is 13.8. The van der Waals surface area contributed by atoms with E-state index in [-0.39, 0.29) is 6.61 Å². The number of hydrogen-bond donors (Lipinski definition) is 2. The van der Waals surface area contributed by atoms with Crippen molar-refractivity contribution in [3.63, 3.8) is 0 Å². The molecule has 0 amide bonds. The van der Waals surface area contributed by atoms with Gasteiger partial charge in [0.05, 0.1) is 6.61 Å². The van der Waals surface area contributed by atoms with Crippen LogP contribution in [0.4, 0.5) is 0 Å². The normalized spacial score (nSPS) is 14.9. The second-order valence-corrected chi connectivity index (χ2v) is 7.31. The quantitative estimate of drug-likeness (QED) is 0.245. The summed E-state index contributed by atoms with van der Waals surface area (Å²) >= 11 is 0. The van der Waals surface area contributed by atoms with Crippen LogP contribution in [-0.4, -0.2) is 42.8 Å². The predicted molar refractivity (Wildman–Crippen MR) is 93.0 cm³/mol. The molecule has 0 bridgehead atoms. The minimum absolute atomic E-state index is 0.0340. The first-order valence-corrected chi connectivity index (χ1v) is 10.4. The molecule has 2 atom stereocenters. The van der Waals surface area contributed by atoms with E-state index in [2.05, 4.69) is 11.2 Å². The van der Waals surface area contributed by atoms with Crippen LogP contribution in [0.5, 0.6) is 0 Å². The first-order valence-electron chi connectivity index (χ1n) is 9.03. The van der Waals surface area contributed by atoms with Crippen LogP contribution in [0.15, 0.2) is 0 Å². The number of aliphatic hydroxyl groups is 2. The Labute approximate surface area is 147 Å². The molecule has 0 aliphatic rings. The van der Waals surface area contributed by atoms with Crippen LogP contribution >= 0.6 is 0 Å². The van der Waals surface area contributed by atoms with Gasteiger partial charge >= 0.3 is 10.4 Å². The molecule has 0 aliphatic heterocycles. The van der Waals surface area contributed by atoms with Crippen molar-refractivity contribution in [3.05, 3.63) is 0 Å². The van der Waals surface area contributed by atoms with Gasteiger partial charge in [0.15, 0.2) is 0 Å². The molecule has 0 saturated carbocycles. The van der Waals surface area contributed by atoms with Gasteiger partial charge < -0.3 is 10.2 Å². The number of hydrogen-bond acceptors (Lipinski definition) is 7. The topological polar surface area (TPSA) is 96.3 Å². The van der Waals surface area contributed by atoms with E-state index in [0.717, 1.165) is 19.3 Å². The van der Waals surface area contributed by atoms with Crippen molar-refractivity contribution in [2.24, 2.45) is 0 Å². The van der Waals surface area contributed by atoms with E-state index >= 15 is 0 Å². The summed E-state index contributed by atoms with van der Waals surface area (Å²) in [6.45, 7) is 4.81. The van der Waals surface area contributed by atoms with Gasteiger partial charge in [-0.2, -0.15) is 8.42 Å². The number of aliphatic hydroxyl groups excluding tert-OH is 2. The minimum Gasteiger partial charge on any atom is -0.376 e. The summed E-state index contributed by atoms with van der Waals surface area (Å²) in [5.74, 6) is 0. The van der Waals surface area contributed by atoms with Gasteiger partial charge in [-0.05, 0) is 20.3 Å². The van der Waals surface area contributed by atoms with Crippen LogP contribution in [0.25, 0.3) is 0 Å². The summed E-state index contributed by atoms with van der Waals surface area (Å²) in [6.07, 6.45) is 8.89. The molecule has 0 spiro atoms. The van der Waals surface area contributed by atoms with Gasteiger partial charge in [-0.3, -0.25) is 0 Å². The first kappa shape index (κ1) is 23.8. The zero-order valence-corrected chi connectivity index (χ0v) is 16.1. The maximum atomic E-state index is 11.6. The molecule has 0 heterocycles. The lowest BCUT2D eigenvalue weighted by atomic mass is 10.1. The minimum atomic E-state index is -4.28. The first-order chi connectivity index (χ1) is 11.3. The van der Waals surface area contributed by atoms with Gasteiger partial charge in [-0.25, -0.2) is 4.18 Å². The van der Waals surface area contributed by atoms with E-state index in [4.69, 9.17) is 4.18 Å². The van der Waals surface area contributed by atoms with Crippen molar-refractivity contribution in [3.8, 4) is 0 Å². The van der Waals surface area contributed by atoms with Gasteiger partial charge in [0.2, 0.25) is 0 Å². The Bertz CT molecular complexity index is 378. The summed E-state index contributed by atoms with van der Waals surface area (Å²) in [7, 11) is -4.28. The molecule has 2 N–H and O–H groups in total. The van der Waals surface area contributed by atoms with Gasteiger partial charge in [-0.1, -0.05) is 64.7 Å². The van der Waals surface area contributed by atoms with Crippen LogP contribution in [0.3, 0.4) is 0 Å². The zero-order chi connectivity index (χ0) is 18.4. The number of unbranched alkanes of at least 4 members (excludes halogenated alkanes) is 9. The molecule has 2 unspecified atom stereocenters. The standard InChI is InChI=1S/C16H35NO6S/c1-4-5-6-7-8-9-10-11-12-13-14-22-24(20,21)23-17(15(2)18)16(3)19/h15-16,18-19H,4-14H2,1-3H3. The Balaban J connectivity index is 3.68. The van der Waals surface area contributed by atoms with Crippen molar-refractivity contribution in [2.45, 2.75) is 97.4 Å². The molecule has 0 aromatic carbocycles. The lowest BCUT2D eigenvalue weighted by Gasteiger charge is -2.25. The summed E-state index contributed by atoms with van der Waals surface area (Å²) in [4.78, 5) is 0. The van der Waals surface area contributed by atoms with Crippen molar-refractivity contribution >= 4 is 10.4 Å². The van der Waals surface area contributed by atoms with Crippen LogP contribution in [0.1, 0.15) is 85.0 Å². The van der Waals surface area contributed by atoms with Crippen LogP contribution in [-0.2, 0) is 18.9 Å². The van der Waals surface area contributed by atoms with E-state index < -0.39 is 22.9 Å². The number of rotatable bonds is 16. The molecule has 0 aliphatic carbocycles. The third-order valence-corrected chi connectivity index (χ3v) is 4.45. The Morgan fingerprint density at radius 1 is 0.833 bits per heavy atom. The second-order valence-electron chi connectivity index (χ2n) is 6.11. The molecule has 8 heteroatoms. The molecule has 0 rings (SSSR count). The maximum Gasteiger partial charge on any atom is 0.416 e. The summed E-state index contributed by atoms with van der Waals surface area (Å²) in [5.41, 5.74) is 0. The molecule has 0 aromatic rings. The highest BCUT2D eigenvalue weighted by atomic mass is 32.3. The van der Waals surface area contributed by atoms with Crippen molar-refractivity contribution < 1.29 is 27.1 Å². The Hall–Kier alpha value is -0.250. The van der Waals surface area contributed by atoms with Gasteiger partial charge in [0, 0.05) is 0 Å². The monoisotopic (exact) mass is 369 g/mol. The Morgan fingerprint density at radius 3 is 1.67 bits per heavy atom.